The zero-order valence-corrected chi connectivity index (χ0v) is 20.3. The summed E-state index contributed by atoms with van der Waals surface area (Å²) in [5.41, 5.74) is 2.67. The van der Waals surface area contributed by atoms with Gasteiger partial charge in [-0.15, -0.1) is 0 Å². The van der Waals surface area contributed by atoms with E-state index < -0.39 is 23.8 Å². The third-order valence-electron chi connectivity index (χ3n) is 5.91. The van der Waals surface area contributed by atoms with Crippen molar-refractivity contribution < 1.29 is 28.6 Å². The Kier molecular flexibility index (Phi) is 7.97. The van der Waals surface area contributed by atoms with Crippen LogP contribution in [-0.2, 0) is 28.6 Å². The number of carbonyl (C=O) groups is 3. The third kappa shape index (κ3) is 5.31. The first-order valence-electron chi connectivity index (χ1n) is 11.0. The quantitative estimate of drug-likeness (QED) is 0.363. The van der Waals surface area contributed by atoms with Gasteiger partial charge in [-0.25, -0.2) is 4.79 Å². The molecule has 1 N–H and O–H groups in total. The molecule has 178 valence electrons. The van der Waals surface area contributed by atoms with Gasteiger partial charge >= 0.3 is 11.9 Å². The standard InChI is InChI=1S/C25H30ClNO6/c1-13(2)32-9-10-33-25(30)20-15(4)27-18-11-14(3)19(24(29)31-5)23(28)22(18)21(20)16-7-6-8-17(26)12-16/h6-8,12-14,19,21,27H,9-11H2,1-5H3/t14-,19-,21-/m0/s1. The molecule has 0 unspecified atom stereocenters. The number of dihydropyridines is 1. The van der Waals surface area contributed by atoms with Crippen molar-refractivity contribution in [2.24, 2.45) is 11.8 Å². The van der Waals surface area contributed by atoms with Crippen molar-refractivity contribution in [2.45, 2.75) is 46.1 Å². The van der Waals surface area contributed by atoms with Gasteiger partial charge in [0.1, 0.15) is 12.5 Å². The van der Waals surface area contributed by atoms with Gasteiger partial charge in [0.15, 0.2) is 5.78 Å². The van der Waals surface area contributed by atoms with Gasteiger partial charge in [-0.1, -0.05) is 30.7 Å². The number of carbonyl (C=O) groups excluding carboxylic acids is 3. The molecule has 0 fully saturated rings. The molecule has 1 aliphatic heterocycles. The first kappa shape index (κ1) is 25.0. The Labute approximate surface area is 199 Å². The summed E-state index contributed by atoms with van der Waals surface area (Å²) in [5, 5.41) is 3.71. The van der Waals surface area contributed by atoms with Crippen LogP contribution in [0.4, 0.5) is 0 Å². The monoisotopic (exact) mass is 475 g/mol. The Morgan fingerprint density at radius 3 is 2.61 bits per heavy atom. The molecule has 0 saturated carbocycles. The van der Waals surface area contributed by atoms with Gasteiger partial charge in [0.05, 0.1) is 25.4 Å². The Balaban J connectivity index is 2.04. The van der Waals surface area contributed by atoms with Crippen LogP contribution in [0.1, 0.15) is 45.6 Å². The smallest absolute Gasteiger partial charge is 0.336 e. The number of hydrogen-bond donors (Lipinski definition) is 1. The molecule has 2 aliphatic rings. The van der Waals surface area contributed by atoms with Gasteiger partial charge in [-0.2, -0.15) is 0 Å². The Morgan fingerprint density at radius 1 is 1.24 bits per heavy atom. The van der Waals surface area contributed by atoms with Crippen LogP contribution >= 0.6 is 11.6 Å². The lowest BCUT2D eigenvalue weighted by Gasteiger charge is -2.38. The van der Waals surface area contributed by atoms with E-state index in [1.54, 1.807) is 25.1 Å². The van der Waals surface area contributed by atoms with Crippen LogP contribution in [-0.4, -0.2) is 44.1 Å². The minimum atomic E-state index is -0.938. The lowest BCUT2D eigenvalue weighted by Crippen LogP contribution is -2.43. The fourth-order valence-corrected chi connectivity index (χ4v) is 4.67. The molecule has 8 heteroatoms. The molecule has 3 atom stereocenters. The van der Waals surface area contributed by atoms with Crippen molar-refractivity contribution >= 4 is 29.3 Å². The first-order chi connectivity index (χ1) is 15.6. The van der Waals surface area contributed by atoms with Crippen LogP contribution in [0.15, 0.2) is 46.8 Å². The van der Waals surface area contributed by atoms with Crippen molar-refractivity contribution in [2.75, 3.05) is 20.3 Å². The highest BCUT2D eigenvalue weighted by atomic mass is 35.5. The van der Waals surface area contributed by atoms with Crippen molar-refractivity contribution in [3.05, 3.63) is 57.4 Å². The largest absolute Gasteiger partial charge is 0.468 e. The molecule has 1 heterocycles. The summed E-state index contributed by atoms with van der Waals surface area (Å²) >= 11 is 6.26. The summed E-state index contributed by atoms with van der Waals surface area (Å²) < 4.78 is 15.9. The molecule has 0 saturated heterocycles. The SMILES string of the molecule is COC(=O)[C@@H]1C(=O)C2=C(C[C@@H]1C)NC(C)=C(C(=O)OCCOC(C)C)[C@@H]2c1cccc(Cl)c1. The van der Waals surface area contributed by atoms with E-state index >= 15 is 0 Å². The number of ether oxygens (including phenoxy) is 3. The highest BCUT2D eigenvalue weighted by Gasteiger charge is 2.47. The number of hydrogen-bond acceptors (Lipinski definition) is 7. The van der Waals surface area contributed by atoms with Crippen molar-refractivity contribution in [1.82, 2.24) is 5.32 Å². The van der Waals surface area contributed by atoms with Gasteiger partial charge in [0.2, 0.25) is 0 Å². The predicted molar refractivity (Wildman–Crippen MR) is 123 cm³/mol. The first-order valence-corrected chi connectivity index (χ1v) is 11.4. The minimum absolute atomic E-state index is 0.0185. The predicted octanol–water partition coefficient (Wildman–Crippen LogP) is 3.92. The molecule has 1 aromatic carbocycles. The van der Waals surface area contributed by atoms with E-state index in [9.17, 15) is 14.4 Å². The molecule has 33 heavy (non-hydrogen) atoms. The number of allylic oxidation sites excluding steroid dienone is 3. The van der Waals surface area contributed by atoms with E-state index in [0.29, 0.717) is 39.5 Å². The van der Waals surface area contributed by atoms with Gasteiger partial charge in [0.25, 0.3) is 0 Å². The van der Waals surface area contributed by atoms with Crippen LogP contribution in [0.5, 0.6) is 0 Å². The number of nitrogens with one attached hydrogen (secondary N) is 1. The summed E-state index contributed by atoms with van der Waals surface area (Å²) in [6.45, 7) is 7.77. The summed E-state index contributed by atoms with van der Waals surface area (Å²) in [6.07, 6.45) is 0.491. The van der Waals surface area contributed by atoms with Crippen LogP contribution < -0.4 is 5.32 Å². The molecular formula is C25H30ClNO6. The van der Waals surface area contributed by atoms with Crippen molar-refractivity contribution in [3.8, 4) is 0 Å². The number of halogens is 1. The van der Waals surface area contributed by atoms with Crippen molar-refractivity contribution in [3.63, 3.8) is 0 Å². The minimum Gasteiger partial charge on any atom is -0.468 e. The van der Waals surface area contributed by atoms with E-state index in [1.807, 2.05) is 26.8 Å². The third-order valence-corrected chi connectivity index (χ3v) is 6.15. The second-order valence-corrected chi connectivity index (χ2v) is 9.08. The Bertz CT molecular complexity index is 1010. The zero-order valence-electron chi connectivity index (χ0n) is 19.6. The van der Waals surface area contributed by atoms with E-state index in [0.717, 1.165) is 0 Å². The summed E-state index contributed by atoms with van der Waals surface area (Å²) in [4.78, 5) is 39.3. The van der Waals surface area contributed by atoms with Crippen LogP contribution in [0, 0.1) is 11.8 Å². The number of methoxy groups -OCH3 is 1. The molecule has 7 nitrogen and oxygen atoms in total. The number of ketones is 1. The van der Waals surface area contributed by atoms with Gasteiger partial charge in [0, 0.05) is 27.9 Å². The number of Topliss-reactive ketones (excluding diaryl/α,β-unsaturated/α-hetero) is 1. The number of benzene rings is 1. The summed E-state index contributed by atoms with van der Waals surface area (Å²) in [5.74, 6) is -3.38. The molecule has 0 bridgehead atoms. The summed E-state index contributed by atoms with van der Waals surface area (Å²) in [7, 11) is 1.27. The highest BCUT2D eigenvalue weighted by molar-refractivity contribution is 6.30. The zero-order chi connectivity index (χ0) is 24.3. The normalized spacial score (nSPS) is 22.8. The molecule has 0 aromatic heterocycles. The maximum Gasteiger partial charge on any atom is 0.336 e. The molecule has 0 radical (unpaired) electrons. The lowest BCUT2D eigenvalue weighted by molar-refractivity contribution is -0.151. The van der Waals surface area contributed by atoms with E-state index in [-0.39, 0.29) is 31.0 Å². The Hall–Kier alpha value is -2.64. The fraction of sp³-hybridized carbons (Fsp3) is 0.480. The topological polar surface area (TPSA) is 90.9 Å². The molecule has 3 rings (SSSR count). The second-order valence-electron chi connectivity index (χ2n) is 8.65. The Morgan fingerprint density at radius 2 is 1.97 bits per heavy atom. The average molecular weight is 476 g/mol. The maximum absolute atomic E-state index is 13.6. The van der Waals surface area contributed by atoms with E-state index in [2.05, 4.69) is 5.32 Å². The fourth-order valence-electron chi connectivity index (χ4n) is 4.47. The van der Waals surface area contributed by atoms with Crippen LogP contribution in [0.3, 0.4) is 0 Å². The van der Waals surface area contributed by atoms with Crippen LogP contribution in [0.25, 0.3) is 0 Å². The summed E-state index contributed by atoms with van der Waals surface area (Å²) in [6, 6.07) is 7.03. The average Bonchev–Trinajstić information content (AvgIpc) is 2.75. The number of esters is 2. The number of rotatable bonds is 7. The maximum atomic E-state index is 13.6. The van der Waals surface area contributed by atoms with Gasteiger partial charge in [-0.05, 0) is 50.8 Å². The molecule has 0 amide bonds. The molecule has 0 spiro atoms. The lowest BCUT2D eigenvalue weighted by atomic mass is 9.69. The van der Waals surface area contributed by atoms with E-state index in [1.165, 1.54) is 7.11 Å². The molecule has 1 aromatic rings. The molecule has 1 aliphatic carbocycles. The van der Waals surface area contributed by atoms with Gasteiger partial charge in [-0.3, -0.25) is 9.59 Å². The van der Waals surface area contributed by atoms with Gasteiger partial charge < -0.3 is 19.5 Å². The van der Waals surface area contributed by atoms with Crippen molar-refractivity contribution in [1.29, 1.82) is 0 Å². The van der Waals surface area contributed by atoms with Crippen LogP contribution in [0.2, 0.25) is 5.02 Å². The second kappa shape index (κ2) is 10.5. The molecular weight excluding hydrogens is 446 g/mol. The van der Waals surface area contributed by atoms with E-state index in [4.69, 9.17) is 25.8 Å². The highest BCUT2D eigenvalue weighted by Crippen LogP contribution is 2.45.